The number of hydrogen-bond donors (Lipinski definition) is 1. The van der Waals surface area contributed by atoms with E-state index in [1.54, 1.807) is 23.6 Å². The zero-order chi connectivity index (χ0) is 18.7. The molecular formula is C17H19FN6OS. The van der Waals surface area contributed by atoms with Gasteiger partial charge in [-0.3, -0.25) is 4.79 Å². The minimum Gasteiger partial charge on any atom is -0.348 e. The first-order valence-electron chi connectivity index (χ1n) is 8.07. The van der Waals surface area contributed by atoms with E-state index in [-0.39, 0.29) is 30.2 Å². The van der Waals surface area contributed by atoms with Crippen LogP contribution in [-0.2, 0) is 23.3 Å². The van der Waals surface area contributed by atoms with Gasteiger partial charge in [-0.1, -0.05) is 32.9 Å². The lowest BCUT2D eigenvalue weighted by Crippen LogP contribution is -2.28. The van der Waals surface area contributed by atoms with Crippen molar-refractivity contribution < 1.29 is 9.18 Å². The molecule has 9 heteroatoms. The standard InChI is InChI=1S/C17H19FN6OS/c1-17(2,3)16-21-23-24(22-16)9-14(25)19-8-15-20-13(10-26-15)11-6-4-5-7-12(11)18/h4-7,10H,8-9H2,1-3H3,(H,19,25). The molecule has 0 bridgehead atoms. The van der Waals surface area contributed by atoms with Crippen molar-refractivity contribution in [3.63, 3.8) is 0 Å². The Morgan fingerprint density at radius 2 is 2.08 bits per heavy atom. The van der Waals surface area contributed by atoms with Crippen LogP contribution in [0.15, 0.2) is 29.6 Å². The summed E-state index contributed by atoms with van der Waals surface area (Å²) >= 11 is 1.37. The van der Waals surface area contributed by atoms with Gasteiger partial charge >= 0.3 is 0 Å². The van der Waals surface area contributed by atoms with Crippen molar-refractivity contribution in [2.45, 2.75) is 39.3 Å². The Morgan fingerprint density at radius 1 is 1.31 bits per heavy atom. The lowest BCUT2D eigenvalue weighted by atomic mass is 9.96. The molecule has 0 aliphatic rings. The predicted octanol–water partition coefficient (Wildman–Crippen LogP) is 2.55. The lowest BCUT2D eigenvalue weighted by Gasteiger charge is -2.11. The summed E-state index contributed by atoms with van der Waals surface area (Å²) in [5.41, 5.74) is 0.784. The Labute approximate surface area is 154 Å². The molecule has 0 unspecified atom stereocenters. The van der Waals surface area contributed by atoms with Crippen molar-refractivity contribution >= 4 is 17.2 Å². The topological polar surface area (TPSA) is 85.6 Å². The summed E-state index contributed by atoms with van der Waals surface area (Å²) in [6, 6.07) is 6.47. The number of benzene rings is 1. The summed E-state index contributed by atoms with van der Waals surface area (Å²) in [5, 5.41) is 17.3. The van der Waals surface area contributed by atoms with Crippen molar-refractivity contribution in [2.24, 2.45) is 0 Å². The fourth-order valence-corrected chi connectivity index (χ4v) is 2.89. The van der Waals surface area contributed by atoms with E-state index in [2.05, 4.69) is 25.7 Å². The highest BCUT2D eigenvalue weighted by molar-refractivity contribution is 7.09. The van der Waals surface area contributed by atoms with Gasteiger partial charge in [0.05, 0.1) is 12.2 Å². The summed E-state index contributed by atoms with van der Waals surface area (Å²) < 4.78 is 13.8. The van der Waals surface area contributed by atoms with E-state index in [4.69, 9.17) is 0 Å². The summed E-state index contributed by atoms with van der Waals surface area (Å²) in [7, 11) is 0. The maximum Gasteiger partial charge on any atom is 0.244 e. The molecule has 2 heterocycles. The van der Waals surface area contributed by atoms with Crippen LogP contribution in [0.2, 0.25) is 0 Å². The van der Waals surface area contributed by atoms with Gasteiger partial charge in [-0.25, -0.2) is 9.37 Å². The molecule has 0 aliphatic heterocycles. The van der Waals surface area contributed by atoms with E-state index < -0.39 is 0 Å². The average molecular weight is 374 g/mol. The number of carbonyl (C=O) groups excluding carboxylic acids is 1. The van der Waals surface area contributed by atoms with Crippen LogP contribution in [0.4, 0.5) is 4.39 Å². The Morgan fingerprint density at radius 3 is 2.77 bits per heavy atom. The molecule has 0 spiro atoms. The average Bonchev–Trinajstić information content (AvgIpc) is 3.22. The number of tetrazole rings is 1. The zero-order valence-corrected chi connectivity index (χ0v) is 15.5. The normalized spacial score (nSPS) is 11.5. The number of amides is 1. The SMILES string of the molecule is CC(C)(C)c1nnn(CC(=O)NCc2nc(-c3ccccc3F)cs2)n1. The first-order valence-corrected chi connectivity index (χ1v) is 8.95. The number of nitrogens with one attached hydrogen (secondary N) is 1. The number of halogens is 1. The number of carbonyl (C=O) groups is 1. The van der Waals surface area contributed by atoms with Crippen LogP contribution in [0.5, 0.6) is 0 Å². The van der Waals surface area contributed by atoms with Crippen LogP contribution in [0, 0.1) is 5.82 Å². The maximum absolute atomic E-state index is 13.8. The van der Waals surface area contributed by atoms with Crippen LogP contribution >= 0.6 is 11.3 Å². The molecule has 136 valence electrons. The van der Waals surface area contributed by atoms with Gasteiger partial charge in [-0.2, -0.15) is 4.80 Å². The van der Waals surface area contributed by atoms with E-state index in [0.29, 0.717) is 22.1 Å². The third-order valence-electron chi connectivity index (χ3n) is 3.55. The molecule has 0 aliphatic carbocycles. The van der Waals surface area contributed by atoms with Crippen LogP contribution in [0.25, 0.3) is 11.3 Å². The first kappa shape index (κ1) is 18.1. The molecule has 0 saturated heterocycles. The van der Waals surface area contributed by atoms with E-state index in [1.807, 2.05) is 20.8 Å². The summed E-state index contributed by atoms with van der Waals surface area (Å²) in [6.45, 7) is 6.17. The second-order valence-corrected chi connectivity index (χ2v) is 7.72. The largest absolute Gasteiger partial charge is 0.348 e. The highest BCUT2D eigenvalue weighted by atomic mass is 32.1. The molecule has 0 saturated carbocycles. The van der Waals surface area contributed by atoms with Crippen molar-refractivity contribution in [3.05, 3.63) is 46.3 Å². The van der Waals surface area contributed by atoms with Crippen LogP contribution in [0.1, 0.15) is 31.6 Å². The fourth-order valence-electron chi connectivity index (χ4n) is 2.15. The van der Waals surface area contributed by atoms with Crippen molar-refractivity contribution in [1.82, 2.24) is 30.5 Å². The van der Waals surface area contributed by atoms with Gasteiger partial charge in [0, 0.05) is 16.4 Å². The van der Waals surface area contributed by atoms with Gasteiger partial charge < -0.3 is 5.32 Å². The Balaban J connectivity index is 1.57. The maximum atomic E-state index is 13.8. The van der Waals surface area contributed by atoms with Gasteiger partial charge in [-0.15, -0.1) is 21.5 Å². The van der Waals surface area contributed by atoms with Crippen LogP contribution in [-0.4, -0.2) is 31.1 Å². The Bertz CT molecular complexity index is 914. The zero-order valence-electron chi connectivity index (χ0n) is 14.7. The van der Waals surface area contributed by atoms with Gasteiger partial charge in [-0.05, 0) is 17.3 Å². The third kappa shape index (κ3) is 4.29. The molecule has 1 amide bonds. The van der Waals surface area contributed by atoms with Crippen molar-refractivity contribution in [2.75, 3.05) is 0 Å². The second kappa shape index (κ2) is 7.28. The minimum atomic E-state index is -0.319. The third-order valence-corrected chi connectivity index (χ3v) is 4.40. The minimum absolute atomic E-state index is 0.0192. The molecule has 3 aromatic rings. The van der Waals surface area contributed by atoms with Crippen LogP contribution < -0.4 is 5.32 Å². The molecule has 26 heavy (non-hydrogen) atoms. The van der Waals surface area contributed by atoms with E-state index >= 15 is 0 Å². The first-order chi connectivity index (χ1) is 12.3. The molecule has 1 N–H and O–H groups in total. The molecule has 1 aromatic carbocycles. The van der Waals surface area contributed by atoms with Gasteiger partial charge in [0.25, 0.3) is 0 Å². The van der Waals surface area contributed by atoms with Gasteiger partial charge in [0.2, 0.25) is 5.91 Å². The Hall–Kier alpha value is -2.68. The number of rotatable bonds is 5. The second-order valence-electron chi connectivity index (χ2n) is 6.78. The lowest BCUT2D eigenvalue weighted by molar-refractivity contribution is -0.122. The smallest absolute Gasteiger partial charge is 0.244 e. The van der Waals surface area contributed by atoms with Crippen molar-refractivity contribution in [3.8, 4) is 11.3 Å². The molecular weight excluding hydrogens is 355 g/mol. The summed E-state index contributed by atoms with van der Waals surface area (Å²) in [6.07, 6.45) is 0. The van der Waals surface area contributed by atoms with Gasteiger partial charge in [0.15, 0.2) is 5.82 Å². The van der Waals surface area contributed by atoms with E-state index in [0.717, 1.165) is 0 Å². The summed E-state index contributed by atoms with van der Waals surface area (Å²) in [4.78, 5) is 17.7. The fraction of sp³-hybridized carbons (Fsp3) is 0.353. The predicted molar refractivity (Wildman–Crippen MR) is 95.9 cm³/mol. The van der Waals surface area contributed by atoms with E-state index in [1.165, 1.54) is 22.2 Å². The molecule has 0 radical (unpaired) electrons. The number of aromatic nitrogens is 5. The van der Waals surface area contributed by atoms with Gasteiger partial charge in [0.1, 0.15) is 17.4 Å². The Kier molecular flexibility index (Phi) is 5.08. The van der Waals surface area contributed by atoms with E-state index in [9.17, 15) is 9.18 Å². The highest BCUT2D eigenvalue weighted by Crippen LogP contribution is 2.24. The quantitative estimate of drug-likeness (QED) is 0.742. The molecule has 3 rings (SSSR count). The highest BCUT2D eigenvalue weighted by Gasteiger charge is 2.20. The van der Waals surface area contributed by atoms with Crippen LogP contribution in [0.3, 0.4) is 0 Å². The summed E-state index contributed by atoms with van der Waals surface area (Å²) in [5.74, 6) is 0.0190. The number of hydrogen-bond acceptors (Lipinski definition) is 6. The van der Waals surface area contributed by atoms with Crippen molar-refractivity contribution in [1.29, 1.82) is 0 Å². The monoisotopic (exact) mass is 374 g/mol. The molecule has 7 nitrogen and oxygen atoms in total. The molecule has 0 atom stereocenters. The number of nitrogens with zero attached hydrogens (tertiary/aromatic N) is 5. The molecule has 0 fully saturated rings. The molecule has 2 aromatic heterocycles. The number of thiazole rings is 1.